The normalized spacial score (nSPS) is 12.9. The molecule has 9 heteroatoms. The lowest BCUT2D eigenvalue weighted by molar-refractivity contribution is -0.132. The molecule has 3 aromatic carbocycles. The van der Waals surface area contributed by atoms with Gasteiger partial charge in [0.15, 0.2) is 17.2 Å². The molecule has 0 aliphatic carbocycles. The average Bonchev–Trinajstić information content (AvgIpc) is 2.83. The van der Waals surface area contributed by atoms with Crippen molar-refractivity contribution < 1.29 is 27.4 Å². The van der Waals surface area contributed by atoms with Crippen LogP contribution in [0.25, 0.3) is 0 Å². The number of halogens is 3. The van der Waals surface area contributed by atoms with Gasteiger partial charge in [0.25, 0.3) is 5.91 Å². The first-order chi connectivity index (χ1) is 17.0. The van der Waals surface area contributed by atoms with Crippen LogP contribution in [0.3, 0.4) is 0 Å². The van der Waals surface area contributed by atoms with Crippen LogP contribution in [0.4, 0.5) is 24.5 Å². The van der Waals surface area contributed by atoms with Gasteiger partial charge >= 0.3 is 0 Å². The van der Waals surface area contributed by atoms with Crippen molar-refractivity contribution in [2.45, 2.75) is 38.6 Å². The number of anilines is 2. The number of rotatable bonds is 10. The zero-order valence-corrected chi connectivity index (χ0v) is 20.4. The maximum absolute atomic E-state index is 14.5. The lowest BCUT2D eigenvalue weighted by Crippen LogP contribution is -2.46. The molecular weight excluding hydrogens is 471 g/mol. The van der Waals surface area contributed by atoms with Gasteiger partial charge in [-0.1, -0.05) is 6.07 Å². The third kappa shape index (κ3) is 6.56. The van der Waals surface area contributed by atoms with Gasteiger partial charge in [-0.2, -0.15) is 0 Å². The summed E-state index contributed by atoms with van der Waals surface area (Å²) in [5.74, 6) is -1.44. The van der Waals surface area contributed by atoms with Crippen molar-refractivity contribution in [3.05, 3.63) is 83.4 Å². The van der Waals surface area contributed by atoms with Crippen LogP contribution in [-0.4, -0.2) is 30.9 Å². The van der Waals surface area contributed by atoms with Crippen LogP contribution in [0.1, 0.15) is 38.0 Å². The number of methoxy groups -OCH3 is 1. The Morgan fingerprint density at radius 1 is 1.06 bits per heavy atom. The molecule has 0 radical (unpaired) electrons. The number of ether oxygens (including phenoxy) is 2. The summed E-state index contributed by atoms with van der Waals surface area (Å²) in [6, 6.07) is 14.2. The Morgan fingerprint density at radius 2 is 1.75 bits per heavy atom. The van der Waals surface area contributed by atoms with Crippen LogP contribution in [0.15, 0.2) is 60.7 Å². The Kier molecular flexibility index (Phi) is 8.24. The van der Waals surface area contributed by atoms with Gasteiger partial charge < -0.3 is 25.5 Å². The molecule has 0 fully saturated rings. The number of benzene rings is 3. The van der Waals surface area contributed by atoms with Crippen LogP contribution in [0.2, 0.25) is 0 Å². The van der Waals surface area contributed by atoms with E-state index in [4.69, 9.17) is 14.9 Å². The van der Waals surface area contributed by atoms with E-state index >= 15 is 0 Å². The molecule has 0 bridgehead atoms. The number of nitrogens with one attached hydrogen (secondary N) is 3. The topological polar surface area (TPSA) is 83.4 Å². The van der Waals surface area contributed by atoms with E-state index < -0.39 is 29.5 Å². The Morgan fingerprint density at radius 3 is 2.33 bits per heavy atom. The molecule has 2 atom stereocenters. The first kappa shape index (κ1) is 26.6. The van der Waals surface area contributed by atoms with Crippen LogP contribution in [0, 0.1) is 17.0 Å². The summed E-state index contributed by atoms with van der Waals surface area (Å²) >= 11 is 0. The van der Waals surface area contributed by atoms with Crippen molar-refractivity contribution >= 4 is 23.5 Å². The second kappa shape index (κ2) is 11.2. The molecule has 1 amide bonds. The second-order valence-electron chi connectivity index (χ2n) is 8.69. The first-order valence-electron chi connectivity index (χ1n) is 11.2. The van der Waals surface area contributed by atoms with Gasteiger partial charge in [0.1, 0.15) is 17.7 Å². The van der Waals surface area contributed by atoms with Gasteiger partial charge in [-0.05, 0) is 80.9 Å². The first-order valence-corrected chi connectivity index (χ1v) is 11.2. The number of hydrogen-bond acceptors (Lipinski definition) is 5. The average molecular weight is 500 g/mol. The predicted molar refractivity (Wildman–Crippen MR) is 133 cm³/mol. The lowest BCUT2D eigenvalue weighted by atomic mass is 10.0. The summed E-state index contributed by atoms with van der Waals surface area (Å²) < 4.78 is 53.0. The van der Waals surface area contributed by atoms with Crippen LogP contribution in [-0.2, 0) is 4.79 Å². The molecule has 6 nitrogen and oxygen atoms in total. The Bertz CT molecular complexity index is 1230. The summed E-state index contributed by atoms with van der Waals surface area (Å²) in [7, 11) is 1.35. The Balaban J connectivity index is 1.91. The lowest BCUT2D eigenvalue weighted by Gasteiger charge is -2.28. The van der Waals surface area contributed by atoms with Crippen molar-refractivity contribution in [2.24, 2.45) is 0 Å². The minimum absolute atomic E-state index is 0.0430. The highest BCUT2D eigenvalue weighted by molar-refractivity contribution is 5.88. The number of carbonyl (C=O) groups excluding carboxylic acids is 1. The molecule has 3 N–H and O–H groups in total. The van der Waals surface area contributed by atoms with Gasteiger partial charge in [-0.25, -0.2) is 13.2 Å². The summed E-state index contributed by atoms with van der Waals surface area (Å²) in [6.45, 7) is 3.90. The van der Waals surface area contributed by atoms with E-state index in [-0.39, 0.29) is 11.6 Å². The van der Waals surface area contributed by atoms with Crippen molar-refractivity contribution in [1.29, 1.82) is 5.41 Å². The fourth-order valence-corrected chi connectivity index (χ4v) is 3.46. The second-order valence-corrected chi connectivity index (χ2v) is 8.69. The molecule has 0 aromatic heterocycles. The molecule has 3 aromatic rings. The molecule has 36 heavy (non-hydrogen) atoms. The molecule has 190 valence electrons. The fraction of sp³-hybridized carbons (Fsp3) is 0.259. The van der Waals surface area contributed by atoms with E-state index in [1.54, 1.807) is 43.3 Å². The summed E-state index contributed by atoms with van der Waals surface area (Å²) in [5.41, 5.74) is -0.0486. The van der Waals surface area contributed by atoms with Crippen molar-refractivity contribution in [3.63, 3.8) is 0 Å². The molecule has 0 unspecified atom stereocenters. The van der Waals surface area contributed by atoms with Gasteiger partial charge in [0, 0.05) is 23.2 Å². The highest BCUT2D eigenvalue weighted by Crippen LogP contribution is 2.31. The van der Waals surface area contributed by atoms with Crippen molar-refractivity contribution in [2.75, 3.05) is 12.4 Å². The van der Waals surface area contributed by atoms with Gasteiger partial charge in [-0.15, -0.1) is 0 Å². The molecule has 3 rings (SSSR count). The quantitative estimate of drug-likeness (QED) is 0.295. The van der Waals surface area contributed by atoms with Crippen molar-refractivity contribution in [1.82, 2.24) is 5.32 Å². The minimum Gasteiger partial charge on any atom is -0.494 e. The smallest absolute Gasteiger partial charge is 0.257 e. The standard InChI is InChI=1S/C27H28F3N3O3/c1-16(32-26(34)27(2,3)30)25(17-5-12-24(35-4)22(29)14-17)36-21-10-11-23(18(13-21)15-31)33-20-8-6-19(28)7-9-20/h5-16,25,31,33H,1-4H3,(H,32,34)/t16-,25-/m0/s1. The monoisotopic (exact) mass is 499 g/mol. The van der Waals surface area contributed by atoms with Gasteiger partial charge in [-0.3, -0.25) is 4.79 Å². The highest BCUT2D eigenvalue weighted by Gasteiger charge is 2.31. The van der Waals surface area contributed by atoms with E-state index in [1.807, 2.05) is 0 Å². The molecule has 0 saturated carbocycles. The molecular formula is C27H28F3N3O3. The van der Waals surface area contributed by atoms with E-state index in [0.717, 1.165) is 20.1 Å². The summed E-state index contributed by atoms with van der Waals surface area (Å²) in [6.07, 6.45) is 0.226. The van der Waals surface area contributed by atoms with Gasteiger partial charge in [0.05, 0.1) is 13.2 Å². The SMILES string of the molecule is COc1ccc([C@@H](Oc2ccc(Nc3ccc(F)cc3)c(C=N)c2)[C@H](C)NC(=O)C(C)(C)F)cc1F. The summed E-state index contributed by atoms with van der Waals surface area (Å²) in [4.78, 5) is 12.3. The van der Waals surface area contributed by atoms with E-state index in [1.165, 1.54) is 31.4 Å². The molecule has 0 aliphatic heterocycles. The zero-order valence-electron chi connectivity index (χ0n) is 20.4. The minimum atomic E-state index is -2.12. The molecule has 0 saturated heterocycles. The number of carbonyl (C=O) groups is 1. The number of hydrogen-bond donors (Lipinski definition) is 3. The van der Waals surface area contributed by atoms with E-state index in [2.05, 4.69) is 10.6 Å². The van der Waals surface area contributed by atoms with Crippen LogP contribution in [0.5, 0.6) is 11.5 Å². The largest absolute Gasteiger partial charge is 0.494 e. The molecule has 0 aliphatic rings. The van der Waals surface area contributed by atoms with Gasteiger partial charge in [0.2, 0.25) is 0 Å². The predicted octanol–water partition coefficient (Wildman–Crippen LogP) is 6.09. The van der Waals surface area contributed by atoms with Crippen molar-refractivity contribution in [3.8, 4) is 11.5 Å². The zero-order chi connectivity index (χ0) is 26.5. The molecule has 0 spiro atoms. The Hall–Kier alpha value is -4.01. The third-order valence-corrected chi connectivity index (χ3v) is 5.42. The third-order valence-electron chi connectivity index (χ3n) is 5.42. The number of alkyl halides is 1. The van der Waals surface area contributed by atoms with Crippen LogP contribution >= 0.6 is 0 Å². The maximum Gasteiger partial charge on any atom is 0.257 e. The van der Waals surface area contributed by atoms with E-state index in [9.17, 15) is 18.0 Å². The summed E-state index contributed by atoms with van der Waals surface area (Å²) in [5, 5.41) is 13.5. The maximum atomic E-state index is 14.5. The Labute approximate surface area is 208 Å². The molecule has 0 heterocycles. The van der Waals surface area contributed by atoms with E-state index in [0.29, 0.717) is 28.3 Å². The fourth-order valence-electron chi connectivity index (χ4n) is 3.46. The van der Waals surface area contributed by atoms with Crippen LogP contribution < -0.4 is 20.1 Å². The number of amides is 1. The highest BCUT2D eigenvalue weighted by atomic mass is 19.1.